The molecule has 0 aliphatic carbocycles. The lowest BCUT2D eigenvalue weighted by Crippen LogP contribution is -2.63. The van der Waals surface area contributed by atoms with Crippen molar-refractivity contribution in [1.29, 1.82) is 0 Å². The molecule has 1 aromatic rings. The summed E-state index contributed by atoms with van der Waals surface area (Å²) in [5.41, 5.74) is 7.79. The van der Waals surface area contributed by atoms with Gasteiger partial charge in [0, 0.05) is 13.1 Å². The van der Waals surface area contributed by atoms with Crippen LogP contribution in [-0.2, 0) is 5.54 Å². The second-order valence-electron chi connectivity index (χ2n) is 3.72. The molecule has 78 valence electrons. The Morgan fingerprint density at radius 2 is 2.07 bits per heavy atom. The normalized spacial score (nSPS) is 18.2. The summed E-state index contributed by atoms with van der Waals surface area (Å²) in [6.07, 6.45) is 0. The number of hydrogen-bond donors (Lipinski definition) is 2. The van der Waals surface area contributed by atoms with Crippen LogP contribution >= 0.6 is 12.4 Å². The SMILES string of the molecule is Cc1cc(F)ccc1C1(N)CNC1.Cl. The van der Waals surface area contributed by atoms with Crippen molar-refractivity contribution in [3.63, 3.8) is 0 Å². The van der Waals surface area contributed by atoms with E-state index in [0.29, 0.717) is 0 Å². The minimum absolute atomic E-state index is 0. The molecule has 0 unspecified atom stereocenters. The fourth-order valence-electron chi connectivity index (χ4n) is 1.77. The molecule has 2 nitrogen and oxygen atoms in total. The third kappa shape index (κ3) is 1.75. The van der Waals surface area contributed by atoms with Crippen LogP contribution in [0.25, 0.3) is 0 Å². The first-order valence-electron chi connectivity index (χ1n) is 4.38. The van der Waals surface area contributed by atoms with E-state index in [9.17, 15) is 4.39 Å². The Morgan fingerprint density at radius 1 is 1.43 bits per heavy atom. The Morgan fingerprint density at radius 3 is 2.50 bits per heavy atom. The van der Waals surface area contributed by atoms with Crippen LogP contribution in [0.2, 0.25) is 0 Å². The van der Waals surface area contributed by atoms with Crippen molar-refractivity contribution in [2.75, 3.05) is 13.1 Å². The van der Waals surface area contributed by atoms with Crippen molar-refractivity contribution in [2.24, 2.45) is 5.73 Å². The lowest BCUT2D eigenvalue weighted by molar-refractivity contribution is 0.285. The predicted octanol–water partition coefficient (Wildman–Crippen LogP) is 1.31. The van der Waals surface area contributed by atoms with Gasteiger partial charge in [-0.1, -0.05) is 6.07 Å². The molecule has 0 aromatic heterocycles. The summed E-state index contributed by atoms with van der Waals surface area (Å²) in [5.74, 6) is -0.197. The summed E-state index contributed by atoms with van der Waals surface area (Å²) in [5, 5.41) is 3.12. The lowest BCUT2D eigenvalue weighted by Gasteiger charge is -2.40. The molecule has 0 radical (unpaired) electrons. The number of aryl methyl sites for hydroxylation is 1. The number of nitrogens with one attached hydrogen (secondary N) is 1. The van der Waals surface area contributed by atoms with Crippen LogP contribution < -0.4 is 11.1 Å². The van der Waals surface area contributed by atoms with Crippen LogP contribution in [0, 0.1) is 12.7 Å². The molecule has 1 saturated heterocycles. The summed E-state index contributed by atoms with van der Waals surface area (Å²) in [4.78, 5) is 0. The number of rotatable bonds is 1. The molecular weight excluding hydrogens is 203 g/mol. The van der Waals surface area contributed by atoms with E-state index in [4.69, 9.17) is 5.73 Å². The summed E-state index contributed by atoms with van der Waals surface area (Å²) in [6, 6.07) is 4.78. The van der Waals surface area contributed by atoms with Crippen molar-refractivity contribution in [3.8, 4) is 0 Å². The molecule has 0 bridgehead atoms. The topological polar surface area (TPSA) is 38.0 Å². The number of halogens is 2. The first-order chi connectivity index (χ1) is 6.12. The molecule has 0 saturated carbocycles. The molecule has 2 rings (SSSR count). The van der Waals surface area contributed by atoms with Gasteiger partial charge < -0.3 is 11.1 Å². The minimum atomic E-state index is -0.280. The zero-order valence-electron chi connectivity index (χ0n) is 8.01. The Bertz CT molecular complexity index is 337. The van der Waals surface area contributed by atoms with Gasteiger partial charge in [-0.05, 0) is 30.2 Å². The standard InChI is InChI=1S/C10H13FN2.ClH/c1-7-4-8(11)2-3-9(7)10(12)5-13-6-10;/h2-4,13H,5-6,12H2,1H3;1H. The Balaban J connectivity index is 0.000000980. The third-order valence-corrected chi connectivity index (χ3v) is 2.61. The Labute approximate surface area is 89.1 Å². The van der Waals surface area contributed by atoms with E-state index in [0.717, 1.165) is 24.2 Å². The number of hydrogen-bond acceptors (Lipinski definition) is 2. The first-order valence-corrected chi connectivity index (χ1v) is 4.38. The van der Waals surface area contributed by atoms with E-state index in [-0.39, 0.29) is 23.8 Å². The summed E-state index contributed by atoms with van der Waals surface area (Å²) >= 11 is 0. The Hall–Kier alpha value is -0.640. The molecule has 1 aliphatic heterocycles. The maximum Gasteiger partial charge on any atom is 0.123 e. The van der Waals surface area contributed by atoms with Crippen molar-refractivity contribution < 1.29 is 4.39 Å². The molecule has 1 heterocycles. The molecule has 0 spiro atoms. The summed E-state index contributed by atoms with van der Waals surface area (Å²) in [6.45, 7) is 3.45. The summed E-state index contributed by atoms with van der Waals surface area (Å²) in [7, 11) is 0. The van der Waals surface area contributed by atoms with Gasteiger partial charge in [0.25, 0.3) is 0 Å². The van der Waals surface area contributed by atoms with Crippen LogP contribution in [0.5, 0.6) is 0 Å². The van der Waals surface area contributed by atoms with E-state index >= 15 is 0 Å². The second-order valence-corrected chi connectivity index (χ2v) is 3.72. The minimum Gasteiger partial charge on any atom is -0.319 e. The third-order valence-electron chi connectivity index (χ3n) is 2.61. The predicted molar refractivity (Wildman–Crippen MR) is 57.1 cm³/mol. The quantitative estimate of drug-likeness (QED) is 0.743. The van der Waals surface area contributed by atoms with Gasteiger partial charge in [0.05, 0.1) is 5.54 Å². The van der Waals surface area contributed by atoms with E-state index < -0.39 is 0 Å². The van der Waals surface area contributed by atoms with E-state index in [1.807, 2.05) is 6.92 Å². The lowest BCUT2D eigenvalue weighted by atomic mass is 9.83. The number of nitrogens with two attached hydrogens (primary N) is 1. The van der Waals surface area contributed by atoms with Gasteiger partial charge in [0.15, 0.2) is 0 Å². The Kier molecular flexibility index (Phi) is 3.14. The van der Waals surface area contributed by atoms with Crippen molar-refractivity contribution in [1.82, 2.24) is 5.32 Å². The fraction of sp³-hybridized carbons (Fsp3) is 0.400. The molecule has 0 amide bonds. The maximum absolute atomic E-state index is 12.8. The highest BCUT2D eigenvalue weighted by Crippen LogP contribution is 2.25. The average Bonchev–Trinajstić information content (AvgIpc) is 2.00. The van der Waals surface area contributed by atoms with Crippen LogP contribution in [-0.4, -0.2) is 13.1 Å². The molecule has 3 N–H and O–H groups in total. The molecule has 1 fully saturated rings. The van der Waals surface area contributed by atoms with E-state index in [1.165, 1.54) is 12.1 Å². The molecule has 1 aromatic carbocycles. The summed E-state index contributed by atoms with van der Waals surface area (Å²) < 4.78 is 12.8. The van der Waals surface area contributed by atoms with Crippen LogP contribution in [0.4, 0.5) is 4.39 Å². The highest BCUT2D eigenvalue weighted by molar-refractivity contribution is 5.85. The molecule has 4 heteroatoms. The zero-order valence-corrected chi connectivity index (χ0v) is 8.83. The van der Waals surface area contributed by atoms with Gasteiger partial charge in [-0.15, -0.1) is 12.4 Å². The fourth-order valence-corrected chi connectivity index (χ4v) is 1.77. The highest BCUT2D eigenvalue weighted by atomic mass is 35.5. The largest absolute Gasteiger partial charge is 0.319 e. The van der Waals surface area contributed by atoms with Crippen molar-refractivity contribution >= 4 is 12.4 Å². The van der Waals surface area contributed by atoms with E-state index in [1.54, 1.807) is 6.07 Å². The van der Waals surface area contributed by atoms with Gasteiger partial charge >= 0.3 is 0 Å². The number of benzene rings is 1. The van der Waals surface area contributed by atoms with Gasteiger partial charge in [-0.3, -0.25) is 0 Å². The van der Waals surface area contributed by atoms with Gasteiger partial charge in [-0.25, -0.2) is 4.39 Å². The zero-order chi connectivity index (χ0) is 9.47. The monoisotopic (exact) mass is 216 g/mol. The van der Waals surface area contributed by atoms with Gasteiger partial charge in [-0.2, -0.15) is 0 Å². The second kappa shape index (κ2) is 3.85. The maximum atomic E-state index is 12.8. The average molecular weight is 217 g/mol. The van der Waals surface area contributed by atoms with Crippen molar-refractivity contribution in [3.05, 3.63) is 35.1 Å². The van der Waals surface area contributed by atoms with Gasteiger partial charge in [0.2, 0.25) is 0 Å². The smallest absolute Gasteiger partial charge is 0.123 e. The van der Waals surface area contributed by atoms with Crippen LogP contribution in [0.3, 0.4) is 0 Å². The highest BCUT2D eigenvalue weighted by Gasteiger charge is 2.35. The molecular formula is C10H14ClFN2. The van der Waals surface area contributed by atoms with Crippen LogP contribution in [0.15, 0.2) is 18.2 Å². The molecule has 1 aliphatic rings. The van der Waals surface area contributed by atoms with E-state index in [2.05, 4.69) is 5.32 Å². The molecule has 0 atom stereocenters. The molecule has 14 heavy (non-hydrogen) atoms. The van der Waals surface area contributed by atoms with Gasteiger partial charge in [0.1, 0.15) is 5.82 Å². The van der Waals surface area contributed by atoms with Crippen molar-refractivity contribution in [2.45, 2.75) is 12.5 Å². The first kappa shape index (κ1) is 11.4. The van der Waals surface area contributed by atoms with Crippen LogP contribution in [0.1, 0.15) is 11.1 Å².